The van der Waals surface area contributed by atoms with Gasteiger partial charge >= 0.3 is 6.18 Å². The Labute approximate surface area is 191 Å². The molecule has 0 bridgehead atoms. The van der Waals surface area contributed by atoms with Crippen LogP contribution < -0.4 is 16.0 Å². The Morgan fingerprint density at radius 3 is 2.19 bits per heavy atom. The lowest BCUT2D eigenvalue weighted by Gasteiger charge is -2.12. The van der Waals surface area contributed by atoms with E-state index in [1.165, 1.54) is 12.1 Å². The van der Waals surface area contributed by atoms with E-state index < -0.39 is 40.8 Å². The van der Waals surface area contributed by atoms with E-state index in [2.05, 4.69) is 20.9 Å². The first kappa shape index (κ1) is 26.5. The number of nitrogens with one attached hydrogen (secondary N) is 3. The molecule has 0 aliphatic carbocycles. The van der Waals surface area contributed by atoms with Crippen molar-refractivity contribution >= 4 is 41.5 Å². The van der Waals surface area contributed by atoms with Crippen LogP contribution in [0.3, 0.4) is 0 Å². The van der Waals surface area contributed by atoms with Gasteiger partial charge in [-0.2, -0.15) is 13.2 Å². The average Bonchev–Trinajstić information content (AvgIpc) is 2.70. The van der Waals surface area contributed by atoms with Crippen LogP contribution in [-0.2, 0) is 17.5 Å². The molecule has 0 aliphatic heterocycles. The summed E-state index contributed by atoms with van der Waals surface area (Å²) in [6.45, 7) is 1.84. The number of carbonyl (C=O) groups excluding carboxylic acids is 1. The maximum Gasteiger partial charge on any atom is 0.416 e. The van der Waals surface area contributed by atoms with Crippen molar-refractivity contribution < 1.29 is 31.1 Å². The highest BCUT2D eigenvalue weighted by Crippen LogP contribution is 2.29. The van der Waals surface area contributed by atoms with E-state index in [-0.39, 0.29) is 43.0 Å². The Hall–Kier alpha value is -2.51. The number of anilines is 1. The molecular formula is C19H19F6IN4O. The second kappa shape index (κ2) is 11.8. The van der Waals surface area contributed by atoms with Crippen LogP contribution in [-0.4, -0.2) is 25.0 Å². The average molecular weight is 560 g/mol. The van der Waals surface area contributed by atoms with Gasteiger partial charge in [-0.3, -0.25) is 4.79 Å². The number of benzene rings is 2. The summed E-state index contributed by atoms with van der Waals surface area (Å²) in [6.07, 6.45) is -4.43. The predicted molar refractivity (Wildman–Crippen MR) is 115 cm³/mol. The van der Waals surface area contributed by atoms with Gasteiger partial charge in [-0.15, -0.1) is 24.0 Å². The van der Waals surface area contributed by atoms with Crippen molar-refractivity contribution in [2.75, 3.05) is 18.4 Å². The minimum absolute atomic E-state index is 0. The number of guanidine groups is 1. The molecule has 3 N–H and O–H groups in total. The summed E-state index contributed by atoms with van der Waals surface area (Å²) < 4.78 is 77.5. The number of hydrogen-bond donors (Lipinski definition) is 3. The lowest BCUT2D eigenvalue weighted by Crippen LogP contribution is -2.41. The van der Waals surface area contributed by atoms with Crippen LogP contribution in [0.15, 0.2) is 41.4 Å². The van der Waals surface area contributed by atoms with Crippen LogP contribution >= 0.6 is 24.0 Å². The topological polar surface area (TPSA) is 65.5 Å². The van der Waals surface area contributed by atoms with Gasteiger partial charge < -0.3 is 16.0 Å². The summed E-state index contributed by atoms with van der Waals surface area (Å²) in [5.41, 5.74) is -0.790. The Bertz CT molecular complexity index is 919. The number of hydrogen-bond acceptors (Lipinski definition) is 2. The van der Waals surface area contributed by atoms with Crippen molar-refractivity contribution in [2.45, 2.75) is 19.6 Å². The molecule has 1 amide bonds. The minimum Gasteiger partial charge on any atom is -0.357 e. The second-order valence-electron chi connectivity index (χ2n) is 6.01. The minimum atomic E-state index is -4.43. The van der Waals surface area contributed by atoms with Gasteiger partial charge in [0.25, 0.3) is 0 Å². The zero-order valence-electron chi connectivity index (χ0n) is 16.1. The number of carbonyl (C=O) groups is 1. The highest BCUT2D eigenvalue weighted by atomic mass is 127. The van der Waals surface area contributed by atoms with Gasteiger partial charge in [0.05, 0.1) is 24.3 Å². The van der Waals surface area contributed by atoms with Crippen LogP contribution in [0.5, 0.6) is 0 Å². The normalized spacial score (nSPS) is 11.5. The van der Waals surface area contributed by atoms with Gasteiger partial charge in [0.1, 0.15) is 0 Å². The molecule has 2 rings (SSSR count). The molecule has 170 valence electrons. The zero-order valence-corrected chi connectivity index (χ0v) is 18.4. The van der Waals surface area contributed by atoms with E-state index >= 15 is 0 Å². The fourth-order valence-electron chi connectivity index (χ4n) is 2.29. The van der Waals surface area contributed by atoms with Crippen molar-refractivity contribution in [3.05, 3.63) is 65.0 Å². The number of alkyl halides is 3. The quantitative estimate of drug-likeness (QED) is 0.161. The lowest BCUT2D eigenvalue weighted by molar-refractivity contribution is -0.137. The fraction of sp³-hybridized carbons (Fsp3) is 0.263. The smallest absolute Gasteiger partial charge is 0.357 e. The third-order valence-corrected chi connectivity index (χ3v) is 3.77. The highest BCUT2D eigenvalue weighted by Gasteiger charge is 2.29. The predicted octanol–water partition coefficient (Wildman–Crippen LogP) is 4.43. The first-order valence-corrected chi connectivity index (χ1v) is 8.73. The van der Waals surface area contributed by atoms with Gasteiger partial charge in [-0.1, -0.05) is 12.1 Å². The summed E-state index contributed by atoms with van der Waals surface area (Å²) in [5, 5.41) is 7.58. The summed E-state index contributed by atoms with van der Waals surface area (Å²) in [7, 11) is 0. The molecule has 0 aromatic heterocycles. The largest absolute Gasteiger partial charge is 0.416 e. The number of rotatable bonds is 6. The van der Waals surface area contributed by atoms with Crippen LogP contribution in [0, 0.1) is 17.5 Å². The molecule has 0 radical (unpaired) electrons. The van der Waals surface area contributed by atoms with E-state index in [1.807, 2.05) is 0 Å². The third kappa shape index (κ3) is 7.92. The van der Waals surface area contributed by atoms with E-state index in [9.17, 15) is 31.1 Å². The fourth-order valence-corrected chi connectivity index (χ4v) is 2.29. The molecule has 0 spiro atoms. The molecule has 31 heavy (non-hydrogen) atoms. The standard InChI is InChI=1S/C19H18F6N4O.HI/c1-2-26-18(27-9-11-3-5-12(6-4-11)19(23,24)25)28-10-15(30)29-14-8-7-13(20)16(21)17(14)22;/h3-8H,2,9-10H2,1H3,(H,29,30)(H2,26,27,28);1H. The summed E-state index contributed by atoms with van der Waals surface area (Å²) in [5.74, 6) is -5.18. The third-order valence-electron chi connectivity index (χ3n) is 3.77. The van der Waals surface area contributed by atoms with Crippen LogP contribution in [0.1, 0.15) is 18.1 Å². The molecule has 0 fully saturated rings. The molecule has 12 heteroatoms. The van der Waals surface area contributed by atoms with Crippen molar-refractivity contribution in [3.63, 3.8) is 0 Å². The highest BCUT2D eigenvalue weighted by molar-refractivity contribution is 14.0. The summed E-state index contributed by atoms with van der Waals surface area (Å²) in [4.78, 5) is 16.1. The van der Waals surface area contributed by atoms with Crippen LogP contribution in [0.2, 0.25) is 0 Å². The van der Waals surface area contributed by atoms with Gasteiger partial charge in [-0.05, 0) is 36.8 Å². The van der Waals surface area contributed by atoms with Crippen LogP contribution in [0.4, 0.5) is 32.0 Å². The molecule has 0 saturated heterocycles. The number of amides is 1. The SMILES string of the molecule is CCNC(=NCc1ccc(C(F)(F)F)cc1)NCC(=O)Nc1ccc(F)c(F)c1F.I. The second-order valence-corrected chi connectivity index (χ2v) is 6.01. The molecule has 0 aliphatic rings. The summed E-state index contributed by atoms with van der Waals surface area (Å²) >= 11 is 0. The van der Waals surface area contributed by atoms with Crippen molar-refractivity contribution in [3.8, 4) is 0 Å². The van der Waals surface area contributed by atoms with Gasteiger partial charge in [0.15, 0.2) is 23.4 Å². The molecule has 0 unspecified atom stereocenters. The molecule has 2 aromatic carbocycles. The molecular weight excluding hydrogens is 541 g/mol. The number of aliphatic imine (C=N–C) groups is 1. The van der Waals surface area contributed by atoms with Crippen molar-refractivity contribution in [2.24, 2.45) is 4.99 Å². The summed E-state index contributed by atoms with van der Waals surface area (Å²) in [6, 6.07) is 6.01. The van der Waals surface area contributed by atoms with E-state index in [0.717, 1.165) is 18.2 Å². The Kier molecular flexibility index (Phi) is 10.1. The first-order chi connectivity index (χ1) is 14.1. The Morgan fingerprint density at radius 1 is 0.968 bits per heavy atom. The van der Waals surface area contributed by atoms with E-state index in [0.29, 0.717) is 18.2 Å². The van der Waals surface area contributed by atoms with Gasteiger partial charge in [0, 0.05) is 6.54 Å². The van der Waals surface area contributed by atoms with Gasteiger partial charge in [0.2, 0.25) is 5.91 Å². The zero-order chi connectivity index (χ0) is 22.3. The molecule has 2 aromatic rings. The molecule has 5 nitrogen and oxygen atoms in total. The lowest BCUT2D eigenvalue weighted by atomic mass is 10.1. The number of nitrogens with zero attached hydrogens (tertiary/aromatic N) is 1. The maximum atomic E-state index is 13.6. The molecule has 0 heterocycles. The Balaban J connectivity index is 0.00000480. The number of halogens is 7. The van der Waals surface area contributed by atoms with Crippen molar-refractivity contribution in [1.82, 2.24) is 10.6 Å². The molecule has 0 saturated carbocycles. The van der Waals surface area contributed by atoms with E-state index in [1.54, 1.807) is 6.92 Å². The van der Waals surface area contributed by atoms with Crippen LogP contribution in [0.25, 0.3) is 0 Å². The first-order valence-electron chi connectivity index (χ1n) is 8.73. The van der Waals surface area contributed by atoms with Crippen molar-refractivity contribution in [1.29, 1.82) is 0 Å². The van der Waals surface area contributed by atoms with Gasteiger partial charge in [-0.25, -0.2) is 18.2 Å². The Morgan fingerprint density at radius 2 is 1.61 bits per heavy atom. The monoisotopic (exact) mass is 560 g/mol. The maximum absolute atomic E-state index is 13.6. The van der Waals surface area contributed by atoms with E-state index in [4.69, 9.17) is 0 Å². The molecule has 0 atom stereocenters.